The summed E-state index contributed by atoms with van der Waals surface area (Å²) in [7, 11) is 1.67. The number of para-hydroxylation sites is 1. The number of aliphatic carboxylic acids is 1. The van der Waals surface area contributed by atoms with Crippen molar-refractivity contribution in [2.24, 2.45) is 0 Å². The molecule has 0 amide bonds. The van der Waals surface area contributed by atoms with Crippen LogP contribution < -0.4 is 4.74 Å². The zero-order valence-corrected chi connectivity index (χ0v) is 10.6. The van der Waals surface area contributed by atoms with Gasteiger partial charge in [0.1, 0.15) is 5.75 Å². The predicted octanol–water partition coefficient (Wildman–Crippen LogP) is 1.79. The van der Waals surface area contributed by atoms with Gasteiger partial charge in [-0.25, -0.2) is 0 Å². The maximum absolute atomic E-state index is 10.8. The first kappa shape index (κ1) is 12.9. The number of benzene rings is 1. The maximum Gasteiger partial charge on any atom is 0.317 e. The van der Waals surface area contributed by atoms with Crippen LogP contribution >= 0.6 is 0 Å². The Bertz CT molecular complexity index is 419. The number of hydrogen-bond acceptors (Lipinski definition) is 3. The lowest BCUT2D eigenvalue weighted by Gasteiger charge is -2.23. The zero-order valence-electron chi connectivity index (χ0n) is 10.6. The fourth-order valence-corrected chi connectivity index (χ4v) is 2.63. The van der Waals surface area contributed by atoms with Crippen LogP contribution in [0.3, 0.4) is 0 Å². The standard InChI is InChI=1S/C14H19NO3/c1-18-13-7-3-2-5-11(13)9-12-6-4-8-15(12)10-14(16)17/h2-3,5,7,12H,4,6,8-10H2,1H3,(H,16,17)/t12-/m1/s1. The molecule has 1 saturated heterocycles. The Labute approximate surface area is 107 Å². The van der Waals surface area contributed by atoms with E-state index in [1.54, 1.807) is 7.11 Å². The number of rotatable bonds is 5. The van der Waals surface area contributed by atoms with Crippen LogP contribution in [0.5, 0.6) is 5.75 Å². The number of carboxylic acid groups (broad SMARTS) is 1. The highest BCUT2D eigenvalue weighted by molar-refractivity contribution is 5.69. The number of likely N-dealkylation sites (tertiary alicyclic amines) is 1. The van der Waals surface area contributed by atoms with E-state index in [0.717, 1.165) is 37.1 Å². The average Bonchev–Trinajstić information content (AvgIpc) is 2.76. The third-order valence-electron chi connectivity index (χ3n) is 3.49. The Kier molecular flexibility index (Phi) is 4.20. The monoisotopic (exact) mass is 249 g/mol. The number of ether oxygens (including phenoxy) is 1. The van der Waals surface area contributed by atoms with E-state index in [9.17, 15) is 4.79 Å². The predicted molar refractivity (Wildman–Crippen MR) is 68.9 cm³/mol. The summed E-state index contributed by atoms with van der Waals surface area (Å²) in [6.45, 7) is 1.02. The molecular weight excluding hydrogens is 230 g/mol. The molecule has 1 heterocycles. The van der Waals surface area contributed by atoms with E-state index in [1.807, 2.05) is 18.2 Å². The van der Waals surface area contributed by atoms with Gasteiger partial charge in [-0.3, -0.25) is 9.69 Å². The Hall–Kier alpha value is -1.55. The van der Waals surface area contributed by atoms with E-state index in [-0.39, 0.29) is 6.54 Å². The molecule has 1 aliphatic rings. The van der Waals surface area contributed by atoms with Crippen LogP contribution in [0.4, 0.5) is 0 Å². The molecule has 0 aliphatic carbocycles. The molecule has 1 fully saturated rings. The minimum absolute atomic E-state index is 0.139. The Morgan fingerprint density at radius 1 is 1.50 bits per heavy atom. The molecule has 2 rings (SSSR count). The van der Waals surface area contributed by atoms with Gasteiger partial charge < -0.3 is 9.84 Å². The molecule has 18 heavy (non-hydrogen) atoms. The fraction of sp³-hybridized carbons (Fsp3) is 0.500. The highest BCUT2D eigenvalue weighted by atomic mass is 16.5. The van der Waals surface area contributed by atoms with Crippen LogP contribution in [0.1, 0.15) is 18.4 Å². The van der Waals surface area contributed by atoms with Crippen molar-refractivity contribution in [3.63, 3.8) is 0 Å². The summed E-state index contributed by atoms with van der Waals surface area (Å²) >= 11 is 0. The second-order valence-electron chi connectivity index (χ2n) is 4.68. The smallest absolute Gasteiger partial charge is 0.317 e. The molecule has 1 N–H and O–H groups in total. The molecule has 98 valence electrons. The van der Waals surface area contributed by atoms with E-state index in [4.69, 9.17) is 9.84 Å². The summed E-state index contributed by atoms with van der Waals surface area (Å²) in [5.41, 5.74) is 1.15. The van der Waals surface area contributed by atoms with Gasteiger partial charge >= 0.3 is 5.97 Å². The molecule has 1 aromatic carbocycles. The van der Waals surface area contributed by atoms with Gasteiger partial charge in [-0.05, 0) is 37.4 Å². The van der Waals surface area contributed by atoms with Gasteiger partial charge in [0.05, 0.1) is 13.7 Å². The summed E-state index contributed by atoms with van der Waals surface area (Å²) in [6, 6.07) is 8.26. The molecule has 0 saturated carbocycles. The zero-order chi connectivity index (χ0) is 13.0. The summed E-state index contributed by atoms with van der Waals surface area (Å²) in [5.74, 6) is 0.140. The van der Waals surface area contributed by atoms with Crippen LogP contribution in [0.2, 0.25) is 0 Å². The first-order chi connectivity index (χ1) is 8.70. The summed E-state index contributed by atoms with van der Waals surface area (Å²) < 4.78 is 5.34. The molecule has 1 aromatic rings. The number of carbonyl (C=O) groups is 1. The number of nitrogens with zero attached hydrogens (tertiary/aromatic N) is 1. The van der Waals surface area contributed by atoms with Crippen molar-refractivity contribution in [1.82, 2.24) is 4.90 Å². The van der Waals surface area contributed by atoms with Crippen molar-refractivity contribution in [3.05, 3.63) is 29.8 Å². The summed E-state index contributed by atoms with van der Waals surface area (Å²) in [4.78, 5) is 12.9. The van der Waals surface area contributed by atoms with Crippen LogP contribution in [-0.4, -0.2) is 42.2 Å². The van der Waals surface area contributed by atoms with Gasteiger partial charge in [-0.2, -0.15) is 0 Å². The van der Waals surface area contributed by atoms with Crippen molar-refractivity contribution in [2.75, 3.05) is 20.2 Å². The van der Waals surface area contributed by atoms with Crippen molar-refractivity contribution >= 4 is 5.97 Å². The first-order valence-corrected chi connectivity index (χ1v) is 6.28. The topological polar surface area (TPSA) is 49.8 Å². The number of methoxy groups -OCH3 is 1. The van der Waals surface area contributed by atoms with Crippen LogP contribution in [0, 0.1) is 0 Å². The quantitative estimate of drug-likeness (QED) is 0.864. The Morgan fingerprint density at radius 3 is 3.00 bits per heavy atom. The average molecular weight is 249 g/mol. The van der Waals surface area contributed by atoms with Crippen molar-refractivity contribution in [2.45, 2.75) is 25.3 Å². The van der Waals surface area contributed by atoms with Gasteiger partial charge in [0.15, 0.2) is 0 Å². The molecule has 1 atom stereocenters. The van der Waals surface area contributed by atoms with E-state index >= 15 is 0 Å². The van der Waals surface area contributed by atoms with Gasteiger partial charge in [0.2, 0.25) is 0 Å². The highest BCUT2D eigenvalue weighted by Gasteiger charge is 2.26. The molecular formula is C14H19NO3. The van der Waals surface area contributed by atoms with Gasteiger partial charge in [-0.15, -0.1) is 0 Å². The summed E-state index contributed by atoms with van der Waals surface area (Å²) in [5, 5.41) is 8.89. The van der Waals surface area contributed by atoms with Crippen molar-refractivity contribution < 1.29 is 14.6 Å². The second kappa shape index (κ2) is 5.87. The van der Waals surface area contributed by atoms with Gasteiger partial charge in [0, 0.05) is 6.04 Å². The largest absolute Gasteiger partial charge is 0.496 e. The molecule has 0 spiro atoms. The third-order valence-corrected chi connectivity index (χ3v) is 3.49. The van der Waals surface area contributed by atoms with E-state index < -0.39 is 5.97 Å². The van der Waals surface area contributed by atoms with E-state index in [0.29, 0.717) is 6.04 Å². The van der Waals surface area contributed by atoms with Crippen LogP contribution in [0.25, 0.3) is 0 Å². The van der Waals surface area contributed by atoms with Gasteiger partial charge in [-0.1, -0.05) is 18.2 Å². The Morgan fingerprint density at radius 2 is 2.28 bits per heavy atom. The lowest BCUT2D eigenvalue weighted by atomic mass is 10.0. The molecule has 0 bridgehead atoms. The molecule has 1 aliphatic heterocycles. The lowest BCUT2D eigenvalue weighted by molar-refractivity contribution is -0.138. The minimum Gasteiger partial charge on any atom is -0.496 e. The first-order valence-electron chi connectivity index (χ1n) is 6.28. The van der Waals surface area contributed by atoms with Crippen molar-refractivity contribution in [3.8, 4) is 5.75 Å². The second-order valence-corrected chi connectivity index (χ2v) is 4.68. The van der Waals surface area contributed by atoms with E-state index in [2.05, 4.69) is 11.0 Å². The minimum atomic E-state index is -0.748. The highest BCUT2D eigenvalue weighted by Crippen LogP contribution is 2.25. The Balaban J connectivity index is 2.05. The van der Waals surface area contributed by atoms with Crippen LogP contribution in [-0.2, 0) is 11.2 Å². The van der Waals surface area contributed by atoms with Gasteiger partial charge in [0.25, 0.3) is 0 Å². The molecule has 0 aromatic heterocycles. The molecule has 4 heteroatoms. The normalized spacial score (nSPS) is 19.9. The number of carboxylic acids is 1. The number of hydrogen-bond donors (Lipinski definition) is 1. The lowest BCUT2D eigenvalue weighted by Crippen LogP contribution is -2.35. The fourth-order valence-electron chi connectivity index (χ4n) is 2.63. The summed E-state index contributed by atoms with van der Waals surface area (Å²) in [6.07, 6.45) is 3.00. The molecule has 4 nitrogen and oxygen atoms in total. The van der Waals surface area contributed by atoms with Crippen LogP contribution in [0.15, 0.2) is 24.3 Å². The third kappa shape index (κ3) is 3.01. The SMILES string of the molecule is COc1ccccc1C[C@H]1CCCN1CC(=O)O. The maximum atomic E-state index is 10.8. The van der Waals surface area contributed by atoms with E-state index in [1.165, 1.54) is 0 Å². The molecule has 0 radical (unpaired) electrons. The molecule has 0 unspecified atom stereocenters. The van der Waals surface area contributed by atoms with Crippen molar-refractivity contribution in [1.29, 1.82) is 0 Å².